The molecule has 0 spiro atoms. The van der Waals surface area contributed by atoms with Crippen LogP contribution in [0, 0.1) is 5.82 Å². The summed E-state index contributed by atoms with van der Waals surface area (Å²) in [6.07, 6.45) is 1.68. The number of rotatable bonds is 1. The molecule has 114 valence electrons. The predicted octanol–water partition coefficient (Wildman–Crippen LogP) is 1.54. The van der Waals surface area contributed by atoms with E-state index in [1.165, 1.54) is 35.9 Å². The molecule has 0 unspecified atom stereocenters. The Bertz CT molecular complexity index is 699. The zero-order valence-electron chi connectivity index (χ0n) is 12.3. The minimum Gasteiger partial charge on any atom is -0.279 e. The summed E-state index contributed by atoms with van der Waals surface area (Å²) in [6.45, 7) is 3.72. The van der Waals surface area contributed by atoms with Crippen LogP contribution in [-0.4, -0.2) is 34.6 Å². The predicted molar refractivity (Wildman–Crippen MR) is 79.4 cm³/mol. The van der Waals surface area contributed by atoms with Gasteiger partial charge in [-0.2, -0.15) is 0 Å². The fourth-order valence-corrected chi connectivity index (χ4v) is 2.49. The van der Waals surface area contributed by atoms with Crippen molar-refractivity contribution in [1.29, 1.82) is 0 Å². The number of carbonyl (C=O) groups is 2. The fourth-order valence-electron chi connectivity index (χ4n) is 2.49. The van der Waals surface area contributed by atoms with Gasteiger partial charge in [-0.05, 0) is 24.3 Å². The van der Waals surface area contributed by atoms with E-state index in [-0.39, 0.29) is 17.6 Å². The van der Waals surface area contributed by atoms with Crippen LogP contribution >= 0.6 is 0 Å². The number of halogens is 1. The van der Waals surface area contributed by atoms with Crippen LogP contribution in [0.5, 0.6) is 0 Å². The molecule has 0 saturated carbocycles. The lowest BCUT2D eigenvalue weighted by atomic mass is 10.2. The lowest BCUT2D eigenvalue weighted by molar-refractivity contribution is -0.119. The molecule has 1 aromatic carbocycles. The Balaban J connectivity index is 2.09. The average Bonchev–Trinajstić information content (AvgIpc) is 2.91. The molecule has 2 amide bonds. The van der Waals surface area contributed by atoms with E-state index >= 15 is 0 Å². The standard InChI is InChI=1S/C15H15FN4O2/c1-10(21)18-7-8-19(11(2)22)20-9-14(17-15(18)20)12-3-5-13(16)6-4-12/h3-6,9H,7-8H2,1-2H3. The summed E-state index contributed by atoms with van der Waals surface area (Å²) in [7, 11) is 0. The molecule has 2 aromatic rings. The number of fused-ring (bicyclic) bond motifs is 1. The molecule has 2 heterocycles. The first kappa shape index (κ1) is 14.2. The Labute approximate surface area is 126 Å². The highest BCUT2D eigenvalue weighted by Crippen LogP contribution is 2.26. The smallest absolute Gasteiger partial charge is 0.238 e. The molecule has 3 rings (SSSR count). The normalized spacial score (nSPS) is 14.0. The Morgan fingerprint density at radius 3 is 2.36 bits per heavy atom. The summed E-state index contributed by atoms with van der Waals surface area (Å²) in [4.78, 5) is 29.5. The Morgan fingerprint density at radius 1 is 1.09 bits per heavy atom. The fraction of sp³-hybridized carbons (Fsp3) is 0.267. The van der Waals surface area contributed by atoms with Gasteiger partial charge in [-0.25, -0.2) is 19.1 Å². The van der Waals surface area contributed by atoms with Crippen LogP contribution in [0.2, 0.25) is 0 Å². The molecular formula is C15H15FN4O2. The molecule has 6 nitrogen and oxygen atoms in total. The van der Waals surface area contributed by atoms with Crippen LogP contribution in [0.4, 0.5) is 10.3 Å². The van der Waals surface area contributed by atoms with Crippen molar-refractivity contribution >= 4 is 17.8 Å². The van der Waals surface area contributed by atoms with Gasteiger partial charge < -0.3 is 0 Å². The summed E-state index contributed by atoms with van der Waals surface area (Å²) in [5.41, 5.74) is 1.30. The Kier molecular flexibility index (Phi) is 3.40. The SMILES string of the molecule is CC(=O)N1CCN(C(C)=O)n2cc(-c3ccc(F)cc3)nc21. The van der Waals surface area contributed by atoms with Gasteiger partial charge in [-0.1, -0.05) is 0 Å². The van der Waals surface area contributed by atoms with Gasteiger partial charge in [0.1, 0.15) is 5.82 Å². The van der Waals surface area contributed by atoms with E-state index in [9.17, 15) is 14.0 Å². The van der Waals surface area contributed by atoms with Gasteiger partial charge in [0.05, 0.1) is 18.4 Å². The van der Waals surface area contributed by atoms with Gasteiger partial charge in [0, 0.05) is 26.0 Å². The van der Waals surface area contributed by atoms with Gasteiger partial charge >= 0.3 is 0 Å². The highest BCUT2D eigenvalue weighted by atomic mass is 19.1. The van der Waals surface area contributed by atoms with Crippen LogP contribution in [0.1, 0.15) is 13.8 Å². The molecule has 1 aliphatic heterocycles. The number of hydrogen-bond donors (Lipinski definition) is 0. The summed E-state index contributed by atoms with van der Waals surface area (Å²) in [5, 5.41) is 1.52. The molecule has 0 fully saturated rings. The number of imidazole rings is 1. The number of nitrogens with zero attached hydrogens (tertiary/aromatic N) is 4. The summed E-state index contributed by atoms with van der Waals surface area (Å²) >= 11 is 0. The second-order valence-electron chi connectivity index (χ2n) is 5.09. The first-order valence-electron chi connectivity index (χ1n) is 6.89. The lowest BCUT2D eigenvalue weighted by Crippen LogP contribution is -2.51. The largest absolute Gasteiger partial charge is 0.279 e. The maximum absolute atomic E-state index is 13.0. The summed E-state index contributed by atoms with van der Waals surface area (Å²) in [5.74, 6) is -0.204. The maximum atomic E-state index is 13.0. The van der Waals surface area contributed by atoms with Crippen LogP contribution in [0.15, 0.2) is 30.5 Å². The average molecular weight is 302 g/mol. The van der Waals surface area contributed by atoms with E-state index in [0.29, 0.717) is 24.7 Å². The molecule has 0 atom stereocenters. The van der Waals surface area contributed by atoms with E-state index < -0.39 is 0 Å². The summed E-state index contributed by atoms with van der Waals surface area (Å²) in [6, 6.07) is 5.91. The molecule has 22 heavy (non-hydrogen) atoms. The lowest BCUT2D eigenvalue weighted by Gasteiger charge is -2.33. The van der Waals surface area contributed by atoms with Crippen molar-refractivity contribution in [2.24, 2.45) is 0 Å². The second-order valence-corrected chi connectivity index (χ2v) is 5.09. The monoisotopic (exact) mass is 302 g/mol. The first-order chi connectivity index (χ1) is 10.5. The third kappa shape index (κ3) is 2.34. The van der Waals surface area contributed by atoms with Crippen molar-refractivity contribution in [2.45, 2.75) is 13.8 Å². The van der Waals surface area contributed by atoms with Crippen LogP contribution in [0.25, 0.3) is 11.3 Å². The molecule has 0 radical (unpaired) electrons. The molecule has 0 bridgehead atoms. The zero-order chi connectivity index (χ0) is 15.9. The molecule has 1 aliphatic rings. The molecule has 1 aromatic heterocycles. The number of amides is 2. The van der Waals surface area contributed by atoms with Crippen molar-refractivity contribution < 1.29 is 14.0 Å². The number of carbonyl (C=O) groups excluding carboxylic acids is 2. The van der Waals surface area contributed by atoms with E-state index in [4.69, 9.17) is 0 Å². The van der Waals surface area contributed by atoms with Gasteiger partial charge in [0.15, 0.2) is 0 Å². The Morgan fingerprint density at radius 2 is 1.77 bits per heavy atom. The van der Waals surface area contributed by atoms with E-state index in [1.807, 2.05) is 0 Å². The van der Waals surface area contributed by atoms with Gasteiger partial charge in [-0.15, -0.1) is 0 Å². The van der Waals surface area contributed by atoms with Crippen molar-refractivity contribution in [3.8, 4) is 11.3 Å². The van der Waals surface area contributed by atoms with E-state index in [2.05, 4.69) is 4.98 Å². The topological polar surface area (TPSA) is 58.4 Å². The minimum atomic E-state index is -0.330. The zero-order valence-corrected chi connectivity index (χ0v) is 12.3. The minimum absolute atomic E-state index is 0.132. The van der Waals surface area contributed by atoms with Crippen LogP contribution in [-0.2, 0) is 9.59 Å². The van der Waals surface area contributed by atoms with Gasteiger partial charge in [-0.3, -0.25) is 14.5 Å². The van der Waals surface area contributed by atoms with Crippen molar-refractivity contribution in [3.05, 3.63) is 36.3 Å². The van der Waals surface area contributed by atoms with Crippen LogP contribution < -0.4 is 9.91 Å². The van der Waals surface area contributed by atoms with Gasteiger partial charge in [0.2, 0.25) is 17.8 Å². The molecule has 0 N–H and O–H groups in total. The van der Waals surface area contributed by atoms with E-state index in [0.717, 1.165) is 5.56 Å². The molecule has 0 saturated heterocycles. The maximum Gasteiger partial charge on any atom is 0.238 e. The number of anilines is 1. The third-order valence-electron chi connectivity index (χ3n) is 3.59. The number of hydrogen-bond acceptors (Lipinski definition) is 3. The molecular weight excluding hydrogens is 287 g/mol. The highest BCUT2D eigenvalue weighted by Gasteiger charge is 2.29. The second kappa shape index (κ2) is 5.25. The quantitative estimate of drug-likeness (QED) is 0.803. The van der Waals surface area contributed by atoms with Crippen LogP contribution in [0.3, 0.4) is 0 Å². The number of aromatic nitrogens is 2. The highest BCUT2D eigenvalue weighted by molar-refractivity contribution is 5.92. The summed E-state index contributed by atoms with van der Waals surface area (Å²) < 4.78 is 14.6. The first-order valence-corrected chi connectivity index (χ1v) is 6.89. The van der Waals surface area contributed by atoms with Crippen molar-refractivity contribution in [1.82, 2.24) is 9.66 Å². The van der Waals surface area contributed by atoms with Crippen molar-refractivity contribution in [2.75, 3.05) is 23.0 Å². The molecule has 7 heteroatoms. The van der Waals surface area contributed by atoms with Crippen molar-refractivity contribution in [3.63, 3.8) is 0 Å². The number of benzene rings is 1. The van der Waals surface area contributed by atoms with E-state index in [1.54, 1.807) is 23.0 Å². The Hall–Kier alpha value is -2.70. The van der Waals surface area contributed by atoms with Gasteiger partial charge in [0.25, 0.3) is 0 Å². The molecule has 0 aliphatic carbocycles. The third-order valence-corrected chi connectivity index (χ3v) is 3.59.